The van der Waals surface area contributed by atoms with E-state index in [-0.39, 0.29) is 43.8 Å². The second-order valence-corrected chi connectivity index (χ2v) is 5.43. The minimum Gasteiger partial charge on any atom is -0.332 e. The average molecular weight is 301 g/mol. The Kier molecular flexibility index (Phi) is 9.43. The molecule has 0 spiro atoms. The van der Waals surface area contributed by atoms with Gasteiger partial charge in [0.2, 0.25) is 0 Å². The molecule has 1 radical (unpaired) electrons. The van der Waals surface area contributed by atoms with Gasteiger partial charge in [-0.2, -0.15) is 13.3 Å². The van der Waals surface area contributed by atoms with Gasteiger partial charge in [-0.25, -0.2) is 0 Å². The molecule has 2 nitrogen and oxygen atoms in total. The Morgan fingerprint density at radius 1 is 1.19 bits per heavy atom. The van der Waals surface area contributed by atoms with Gasteiger partial charge in [-0.3, -0.25) is 0 Å². The number of rotatable bonds is 1. The summed E-state index contributed by atoms with van der Waals surface area (Å²) >= 11 is 0. The van der Waals surface area contributed by atoms with Crippen LogP contribution in [0.25, 0.3) is 0 Å². The topological polar surface area (TPSA) is 20.1 Å². The minimum absolute atomic E-state index is 0. The Morgan fingerprint density at radius 3 is 1.69 bits per heavy atom. The summed E-state index contributed by atoms with van der Waals surface area (Å²) in [5.74, 6) is 0. The Labute approximate surface area is 126 Å². The van der Waals surface area contributed by atoms with E-state index in [1.165, 1.54) is 11.2 Å². The van der Waals surface area contributed by atoms with Crippen LogP contribution in [-0.2, 0) is 32.7 Å². The first-order valence-corrected chi connectivity index (χ1v) is 5.85. The molecular formula is C13H26NOY-. The molecule has 16 heavy (non-hydrogen) atoms. The van der Waals surface area contributed by atoms with E-state index >= 15 is 0 Å². The number of unbranched alkanes of at least 4 members (excludes halogenated alkanes) is 1. The van der Waals surface area contributed by atoms with Crippen LogP contribution in [-0.4, -0.2) is 15.8 Å². The van der Waals surface area contributed by atoms with Gasteiger partial charge in [0.25, 0.3) is 0 Å². The van der Waals surface area contributed by atoms with E-state index in [2.05, 4.69) is 26.7 Å². The molecule has 0 bridgehead atoms. The fourth-order valence-corrected chi connectivity index (χ4v) is 1.76. The van der Waals surface area contributed by atoms with Gasteiger partial charge in [-0.15, -0.1) is 12.8 Å². The van der Waals surface area contributed by atoms with E-state index < -0.39 is 0 Å². The zero-order valence-electron chi connectivity index (χ0n) is 11.7. The second-order valence-electron chi connectivity index (χ2n) is 5.43. The molecule has 0 N–H and O–H groups in total. The first-order chi connectivity index (χ1) is 6.78. The quantitative estimate of drug-likeness (QED) is 0.530. The molecule has 1 aliphatic heterocycles. The molecule has 1 rings (SSSR count). The Morgan fingerprint density at radius 2 is 1.50 bits per heavy atom. The van der Waals surface area contributed by atoms with Crippen LogP contribution in [0, 0.1) is 17.7 Å². The van der Waals surface area contributed by atoms with E-state index in [0.717, 1.165) is 12.8 Å². The normalized spacial score (nSPS) is 21.5. The maximum Gasteiger partial charge on any atom is 0.179 e. The Balaban J connectivity index is 0. The van der Waals surface area contributed by atoms with Crippen molar-refractivity contribution in [3.63, 3.8) is 0 Å². The number of hydrogen-bond donors (Lipinski definition) is 0. The van der Waals surface area contributed by atoms with Crippen LogP contribution < -0.4 is 0 Å². The second kappa shape index (κ2) is 7.92. The van der Waals surface area contributed by atoms with E-state index in [0.29, 0.717) is 0 Å². The maximum atomic E-state index is 11.7. The molecule has 3 heteroatoms. The molecule has 0 aliphatic carbocycles. The zero-order chi connectivity index (χ0) is 12.1. The van der Waals surface area contributed by atoms with Crippen molar-refractivity contribution >= 4 is 0 Å². The summed E-state index contributed by atoms with van der Waals surface area (Å²) in [4.78, 5) is 11.7. The number of nitroso groups, excluding NO2 is 1. The van der Waals surface area contributed by atoms with Crippen molar-refractivity contribution < 1.29 is 37.5 Å². The van der Waals surface area contributed by atoms with Crippen LogP contribution in [0.15, 0.2) is 0 Å². The van der Waals surface area contributed by atoms with Gasteiger partial charge < -0.3 is 12.8 Å². The molecule has 0 unspecified atom stereocenters. The minimum atomic E-state index is -0.207. The Hall–Kier alpha value is 0.704. The molecule has 0 atom stereocenters. The van der Waals surface area contributed by atoms with Crippen molar-refractivity contribution in [1.29, 1.82) is 0 Å². The third-order valence-electron chi connectivity index (χ3n) is 2.80. The molecule has 0 aromatic rings. The largest absolute Gasteiger partial charge is 0.332 e. The molecule has 1 saturated heterocycles. The Bertz CT molecular complexity index is 192. The van der Waals surface area contributed by atoms with Gasteiger partial charge in [0.1, 0.15) is 0 Å². The smallest absolute Gasteiger partial charge is 0.179 e. The van der Waals surface area contributed by atoms with E-state index in [9.17, 15) is 4.91 Å². The predicted octanol–water partition coefficient (Wildman–Crippen LogP) is 3.94. The van der Waals surface area contributed by atoms with Crippen molar-refractivity contribution in [3.05, 3.63) is 17.7 Å². The maximum absolute atomic E-state index is 11.7. The molecule has 1 aliphatic rings. The van der Waals surface area contributed by atoms with Crippen LogP contribution in [0.2, 0.25) is 0 Å². The van der Waals surface area contributed by atoms with Crippen molar-refractivity contribution in [3.8, 4) is 0 Å². The van der Waals surface area contributed by atoms with Gasteiger partial charge in [-0.05, 0) is 0 Å². The molecule has 93 valence electrons. The molecule has 1 fully saturated rings. The third-order valence-corrected chi connectivity index (χ3v) is 2.80. The third kappa shape index (κ3) is 5.86. The van der Waals surface area contributed by atoms with E-state index in [1.807, 2.05) is 27.7 Å². The molecule has 0 amide bonds. The molecule has 0 saturated carbocycles. The molecular weight excluding hydrogens is 275 g/mol. The van der Waals surface area contributed by atoms with Gasteiger partial charge in [0.15, 0.2) is 11.1 Å². The van der Waals surface area contributed by atoms with Gasteiger partial charge in [0, 0.05) is 70.1 Å². The van der Waals surface area contributed by atoms with Gasteiger partial charge >= 0.3 is 0 Å². The SMILES string of the molecule is CC1(C)C[CH-]CC(C)(C)[N+]1=O.C[CH-]CC.[Y]. The van der Waals surface area contributed by atoms with Crippen molar-refractivity contribution in [1.82, 2.24) is 0 Å². The molecule has 1 heterocycles. The summed E-state index contributed by atoms with van der Waals surface area (Å²) in [5, 5.41) is 0. The summed E-state index contributed by atoms with van der Waals surface area (Å²) < 4.78 is 1.24. The van der Waals surface area contributed by atoms with Crippen molar-refractivity contribution in [2.75, 3.05) is 0 Å². The van der Waals surface area contributed by atoms with Crippen LogP contribution in [0.1, 0.15) is 60.8 Å². The summed E-state index contributed by atoms with van der Waals surface area (Å²) in [6, 6.07) is 0. The predicted molar refractivity (Wildman–Crippen MR) is 65.6 cm³/mol. The molecule has 0 aromatic carbocycles. The first kappa shape index (κ1) is 19.1. The summed E-state index contributed by atoms with van der Waals surface area (Å²) in [6.45, 7) is 12.2. The fourth-order valence-electron chi connectivity index (χ4n) is 1.76. The van der Waals surface area contributed by atoms with E-state index in [1.54, 1.807) is 0 Å². The average Bonchev–Trinajstić information content (AvgIpc) is 2.14. The van der Waals surface area contributed by atoms with Crippen LogP contribution >= 0.6 is 0 Å². The standard InChI is InChI=1S/C9H17NO.C4H9.Y/c1-8(2)6-5-7-9(3,4)10(8)11;1-3-4-2;/h5H,6-7H2,1-4H3;3H,4H2,1-2H3;/q;-1;. The van der Waals surface area contributed by atoms with Crippen LogP contribution in [0.4, 0.5) is 0 Å². The zero-order valence-corrected chi connectivity index (χ0v) is 14.5. The molecule has 0 aromatic heterocycles. The van der Waals surface area contributed by atoms with Crippen LogP contribution in [0.3, 0.4) is 0 Å². The van der Waals surface area contributed by atoms with Crippen molar-refractivity contribution in [2.24, 2.45) is 0 Å². The summed E-state index contributed by atoms with van der Waals surface area (Å²) in [5.41, 5.74) is -0.413. The fraction of sp³-hybridized carbons (Fsp3) is 0.846. The number of piperidine rings is 1. The monoisotopic (exact) mass is 301 g/mol. The summed E-state index contributed by atoms with van der Waals surface area (Å²) in [6.07, 6.45) is 7.34. The van der Waals surface area contributed by atoms with Crippen LogP contribution in [0.5, 0.6) is 0 Å². The van der Waals surface area contributed by atoms with Gasteiger partial charge in [0.05, 0.1) is 0 Å². The number of hydrogen-bond acceptors (Lipinski definition) is 1. The first-order valence-electron chi connectivity index (χ1n) is 5.85. The van der Waals surface area contributed by atoms with Crippen molar-refractivity contribution in [2.45, 2.75) is 71.9 Å². The summed E-state index contributed by atoms with van der Waals surface area (Å²) in [7, 11) is 0. The van der Waals surface area contributed by atoms with E-state index in [4.69, 9.17) is 0 Å². The van der Waals surface area contributed by atoms with Gasteiger partial charge in [-0.1, -0.05) is 6.92 Å². The number of nitrogens with zero attached hydrogens (tertiary/aromatic N) is 1.